The third-order valence-electron chi connectivity index (χ3n) is 11.7. The summed E-state index contributed by atoms with van der Waals surface area (Å²) in [7, 11) is 0. The van der Waals surface area contributed by atoms with Crippen molar-refractivity contribution in [3.05, 3.63) is 99.9 Å². The van der Waals surface area contributed by atoms with Crippen LogP contribution in [0.3, 0.4) is 0 Å². The number of allylic oxidation sites excluding steroid dienone is 2. The molecular formula is C49H60IrNO2S2-. The minimum absolute atomic E-state index is 0. The number of thiophene rings is 2. The van der Waals surface area contributed by atoms with Gasteiger partial charge in [0.05, 0.1) is 10.2 Å². The number of hydrogen-bond donors (Lipinski definition) is 1. The normalized spacial score (nSPS) is 12.6. The quantitative estimate of drug-likeness (QED) is 0.0800. The standard InChI is InChI=1S/C34H32NS2.C15H28O2.Ir/c1-20(2)13-26-15-24-12-11-23(17-31(24)37-26)28-18-30(35-32-21(3)19-36-33(28)32)25-14-22-9-7-8-10-27(22)29(16-25)34(4,5)6;1-7-14(5,8-2)12(16)11-13(17)15(6,9-3)10-4;/h7-12,15-20H,13H2,1-6H3;11,16H,7-10H2,1-6H3;/q-1;;/b;12-11-;. The summed E-state index contributed by atoms with van der Waals surface area (Å²) in [6.45, 7) is 25.7. The van der Waals surface area contributed by atoms with Crippen LogP contribution in [0.25, 0.3) is 53.5 Å². The molecule has 0 saturated carbocycles. The fraction of sp³-hybridized carbons (Fsp3) is 0.429. The number of aliphatic hydroxyl groups is 1. The number of fused-ring (bicyclic) bond motifs is 3. The van der Waals surface area contributed by atoms with Crippen LogP contribution in [0.1, 0.15) is 118 Å². The molecule has 0 amide bonds. The largest absolute Gasteiger partial charge is 0.512 e. The van der Waals surface area contributed by atoms with E-state index in [2.05, 4.69) is 114 Å². The number of carbonyl (C=O) groups is 1. The van der Waals surface area contributed by atoms with Crippen LogP contribution < -0.4 is 0 Å². The van der Waals surface area contributed by atoms with Crippen molar-refractivity contribution >= 4 is 59.5 Å². The van der Waals surface area contributed by atoms with Gasteiger partial charge in [0.15, 0.2) is 5.78 Å². The van der Waals surface area contributed by atoms with Gasteiger partial charge < -0.3 is 5.11 Å². The van der Waals surface area contributed by atoms with Crippen molar-refractivity contribution in [3.8, 4) is 22.4 Å². The van der Waals surface area contributed by atoms with Crippen LogP contribution in [-0.2, 0) is 36.7 Å². The maximum absolute atomic E-state index is 12.2. The SMILES string of the molecule is CCC(C)(CC)C(=O)/C=C(\O)C(C)(CC)CC.Cc1csc2c(-c3ccc4cc(CC(C)C)sc4c3)cc(-c3[c-]c4ccccc4c(C(C)(C)C)c3)nc12.[Ir]. The maximum atomic E-state index is 12.2. The zero-order chi connectivity index (χ0) is 39.6. The average Bonchev–Trinajstić information content (AvgIpc) is 3.74. The number of ketones is 1. The molecule has 6 heteroatoms. The van der Waals surface area contributed by atoms with Crippen LogP contribution in [0.5, 0.6) is 0 Å². The maximum Gasteiger partial charge on any atom is 0.164 e. The van der Waals surface area contributed by atoms with Gasteiger partial charge >= 0.3 is 0 Å². The molecule has 1 N–H and O–H groups in total. The summed E-state index contributed by atoms with van der Waals surface area (Å²) < 4.78 is 2.62. The fourth-order valence-electron chi connectivity index (χ4n) is 6.90. The number of nitrogens with zero attached hydrogens (tertiary/aromatic N) is 1. The second-order valence-electron chi connectivity index (χ2n) is 17.0. The van der Waals surface area contributed by atoms with E-state index in [0.29, 0.717) is 5.92 Å². The second kappa shape index (κ2) is 18.0. The van der Waals surface area contributed by atoms with Crippen molar-refractivity contribution in [3.63, 3.8) is 0 Å². The van der Waals surface area contributed by atoms with Gasteiger partial charge in [-0.3, -0.25) is 9.78 Å². The van der Waals surface area contributed by atoms with Crippen molar-refractivity contribution in [2.75, 3.05) is 0 Å². The molecule has 0 unspecified atom stereocenters. The summed E-state index contributed by atoms with van der Waals surface area (Å²) in [6.07, 6.45) is 5.89. The molecule has 6 rings (SSSR count). The Kier molecular flexibility index (Phi) is 14.6. The van der Waals surface area contributed by atoms with Gasteiger partial charge in [-0.15, -0.1) is 51.8 Å². The van der Waals surface area contributed by atoms with Gasteiger partial charge in [0.2, 0.25) is 0 Å². The molecule has 0 aliphatic rings. The average molecular weight is 951 g/mol. The van der Waals surface area contributed by atoms with Crippen LogP contribution >= 0.6 is 22.7 Å². The Morgan fingerprint density at radius 3 is 2.16 bits per heavy atom. The van der Waals surface area contributed by atoms with E-state index in [1.807, 2.05) is 52.9 Å². The summed E-state index contributed by atoms with van der Waals surface area (Å²) in [4.78, 5) is 18.8. The number of rotatable bonds is 11. The van der Waals surface area contributed by atoms with Crippen molar-refractivity contribution in [2.24, 2.45) is 16.7 Å². The first-order valence-corrected chi connectivity index (χ1v) is 21.5. The van der Waals surface area contributed by atoms with E-state index in [1.54, 1.807) is 11.3 Å². The number of benzene rings is 3. The van der Waals surface area contributed by atoms with E-state index in [4.69, 9.17) is 4.98 Å². The smallest absolute Gasteiger partial charge is 0.164 e. The molecule has 3 heterocycles. The molecule has 0 bridgehead atoms. The predicted octanol–water partition coefficient (Wildman–Crippen LogP) is 15.3. The number of aliphatic hydroxyl groups excluding tert-OH is 1. The summed E-state index contributed by atoms with van der Waals surface area (Å²) >= 11 is 3.73. The van der Waals surface area contributed by atoms with E-state index >= 15 is 0 Å². The molecule has 0 aliphatic carbocycles. The monoisotopic (exact) mass is 951 g/mol. The molecular weight excluding hydrogens is 891 g/mol. The number of aromatic nitrogens is 1. The third kappa shape index (κ3) is 9.70. The molecule has 55 heavy (non-hydrogen) atoms. The molecule has 0 saturated heterocycles. The molecule has 1 radical (unpaired) electrons. The number of hydrogen-bond acceptors (Lipinski definition) is 5. The molecule has 0 spiro atoms. The van der Waals surface area contributed by atoms with E-state index in [0.717, 1.165) is 54.3 Å². The zero-order valence-corrected chi connectivity index (χ0v) is 39.0. The Balaban J connectivity index is 0.000000320. The zero-order valence-electron chi connectivity index (χ0n) is 35.0. The number of aryl methyl sites for hydroxylation is 1. The van der Waals surface area contributed by atoms with Gasteiger partial charge in [-0.25, -0.2) is 0 Å². The van der Waals surface area contributed by atoms with Gasteiger partial charge in [0.25, 0.3) is 0 Å². The van der Waals surface area contributed by atoms with E-state index in [9.17, 15) is 9.90 Å². The third-order valence-corrected chi connectivity index (χ3v) is 13.9. The van der Waals surface area contributed by atoms with E-state index < -0.39 is 0 Å². The number of carbonyl (C=O) groups excluding carboxylic acids is 1. The Labute approximate surface area is 352 Å². The van der Waals surface area contributed by atoms with Crippen molar-refractivity contribution in [2.45, 2.75) is 121 Å². The second-order valence-corrected chi connectivity index (χ2v) is 19.1. The Bertz CT molecular complexity index is 2290. The molecule has 3 aromatic heterocycles. The van der Waals surface area contributed by atoms with Crippen LogP contribution in [0, 0.1) is 29.7 Å². The molecule has 6 aromatic rings. The molecule has 3 aromatic carbocycles. The van der Waals surface area contributed by atoms with Gasteiger partial charge in [0.1, 0.15) is 5.76 Å². The number of pyridine rings is 1. The minimum Gasteiger partial charge on any atom is -0.512 e. The molecule has 3 nitrogen and oxygen atoms in total. The van der Waals surface area contributed by atoms with Gasteiger partial charge in [-0.05, 0) is 90.0 Å². The van der Waals surface area contributed by atoms with Crippen molar-refractivity contribution in [1.29, 1.82) is 0 Å². The predicted molar refractivity (Wildman–Crippen MR) is 237 cm³/mol. The molecule has 0 atom stereocenters. The van der Waals surface area contributed by atoms with Gasteiger partial charge in [0, 0.05) is 52.3 Å². The van der Waals surface area contributed by atoms with Crippen LogP contribution in [0.15, 0.2) is 77.9 Å². The molecule has 295 valence electrons. The molecule has 0 aliphatic heterocycles. The molecule has 0 fully saturated rings. The first-order valence-electron chi connectivity index (χ1n) is 19.8. The fourth-order valence-corrected chi connectivity index (χ4v) is 9.25. The van der Waals surface area contributed by atoms with E-state index in [-0.39, 0.29) is 47.9 Å². The van der Waals surface area contributed by atoms with Crippen molar-refractivity contribution in [1.82, 2.24) is 4.98 Å². The van der Waals surface area contributed by atoms with Gasteiger partial charge in [-0.1, -0.05) is 124 Å². The summed E-state index contributed by atoms with van der Waals surface area (Å²) in [5.74, 6) is 0.953. The van der Waals surface area contributed by atoms with Crippen LogP contribution in [0.4, 0.5) is 0 Å². The minimum atomic E-state index is -0.337. The Hall–Kier alpha value is -3.15. The van der Waals surface area contributed by atoms with Crippen LogP contribution in [0.2, 0.25) is 0 Å². The first-order chi connectivity index (χ1) is 25.5. The summed E-state index contributed by atoms with van der Waals surface area (Å²) in [5, 5.41) is 16.1. The topological polar surface area (TPSA) is 50.2 Å². The van der Waals surface area contributed by atoms with Crippen molar-refractivity contribution < 1.29 is 30.0 Å². The Morgan fingerprint density at radius 2 is 1.55 bits per heavy atom. The van der Waals surface area contributed by atoms with Gasteiger partial charge in [-0.2, -0.15) is 0 Å². The summed E-state index contributed by atoms with van der Waals surface area (Å²) in [6, 6.07) is 26.2. The van der Waals surface area contributed by atoms with Crippen LogP contribution in [-0.4, -0.2) is 15.9 Å². The summed E-state index contributed by atoms with van der Waals surface area (Å²) in [5.41, 5.74) is 7.66. The first kappa shape index (κ1) is 44.6. The Morgan fingerprint density at radius 1 is 0.891 bits per heavy atom. The van der Waals surface area contributed by atoms with E-state index in [1.165, 1.54) is 53.4 Å².